The number of anilines is 2. The number of nitrogen functional groups attached to an aromatic ring is 1. The van der Waals surface area contributed by atoms with Gasteiger partial charge in [0, 0.05) is 0 Å². The van der Waals surface area contributed by atoms with Crippen LogP contribution in [-0.4, -0.2) is 6.04 Å². The van der Waals surface area contributed by atoms with Gasteiger partial charge in [0.1, 0.15) is 0 Å². The number of hydrogen-bond acceptors (Lipinski definition) is 2. The van der Waals surface area contributed by atoms with Crippen LogP contribution in [0.4, 0.5) is 11.4 Å². The summed E-state index contributed by atoms with van der Waals surface area (Å²) in [6, 6.07) is 7.80. The second-order valence-corrected chi connectivity index (χ2v) is 6.54. The van der Waals surface area contributed by atoms with Crippen molar-refractivity contribution in [2.75, 3.05) is 11.1 Å². The van der Waals surface area contributed by atoms with Crippen molar-refractivity contribution in [1.29, 1.82) is 0 Å². The zero-order chi connectivity index (χ0) is 18.4. The van der Waals surface area contributed by atoms with Crippen molar-refractivity contribution >= 4 is 11.4 Å². The van der Waals surface area contributed by atoms with Gasteiger partial charge < -0.3 is 11.1 Å². The summed E-state index contributed by atoms with van der Waals surface area (Å²) in [6.07, 6.45) is 10.9. The molecule has 2 heteroatoms. The number of allylic oxidation sites excluding steroid dienone is 5. The van der Waals surface area contributed by atoms with E-state index < -0.39 is 0 Å². The van der Waals surface area contributed by atoms with Gasteiger partial charge in [-0.3, -0.25) is 0 Å². The third-order valence-corrected chi connectivity index (χ3v) is 4.20. The van der Waals surface area contributed by atoms with Gasteiger partial charge in [0.2, 0.25) is 0 Å². The highest BCUT2D eigenvalue weighted by Crippen LogP contribution is 2.41. The predicted molar refractivity (Wildman–Crippen MR) is 112 cm³/mol. The molecule has 1 aromatic rings. The van der Waals surface area contributed by atoms with Crippen molar-refractivity contribution in [2.45, 2.75) is 26.3 Å². The smallest absolute Gasteiger partial charge is 0.0771 e. The summed E-state index contributed by atoms with van der Waals surface area (Å²) < 4.78 is 0. The Morgan fingerprint density at radius 3 is 2.56 bits per heavy atom. The zero-order valence-corrected chi connectivity index (χ0v) is 15.3. The first kappa shape index (κ1) is 18.6. The summed E-state index contributed by atoms with van der Waals surface area (Å²) in [5.41, 5.74) is 12.5. The highest BCUT2D eigenvalue weighted by atomic mass is 14.9. The third kappa shape index (κ3) is 4.21. The molecule has 25 heavy (non-hydrogen) atoms. The summed E-state index contributed by atoms with van der Waals surface area (Å²) in [5, 5.41) is 3.57. The molecule has 2 rings (SSSR count). The van der Waals surface area contributed by atoms with E-state index in [0.717, 1.165) is 23.4 Å². The van der Waals surface area contributed by atoms with Crippen molar-refractivity contribution in [2.24, 2.45) is 5.92 Å². The Morgan fingerprint density at radius 2 is 1.96 bits per heavy atom. The minimum absolute atomic E-state index is 0.0131. The summed E-state index contributed by atoms with van der Waals surface area (Å²) in [5.74, 6) is 0.441. The Balaban J connectivity index is 2.54. The zero-order valence-electron chi connectivity index (χ0n) is 15.3. The van der Waals surface area contributed by atoms with E-state index in [1.165, 1.54) is 16.7 Å². The van der Waals surface area contributed by atoms with Gasteiger partial charge in [0.05, 0.1) is 17.4 Å². The third-order valence-electron chi connectivity index (χ3n) is 4.20. The van der Waals surface area contributed by atoms with Crippen LogP contribution in [0.3, 0.4) is 0 Å². The lowest BCUT2D eigenvalue weighted by Gasteiger charge is -2.19. The first-order valence-corrected chi connectivity index (χ1v) is 8.65. The monoisotopic (exact) mass is 332 g/mol. The predicted octanol–water partition coefficient (Wildman–Crippen LogP) is 5.82. The highest BCUT2D eigenvalue weighted by molar-refractivity contribution is 5.72. The Bertz CT molecular complexity index is 760. The summed E-state index contributed by atoms with van der Waals surface area (Å²) in [7, 11) is 0. The molecule has 1 atom stereocenters. The molecule has 0 saturated heterocycles. The highest BCUT2D eigenvalue weighted by Gasteiger charge is 2.31. The molecule has 0 heterocycles. The van der Waals surface area contributed by atoms with Crippen LogP contribution in [0.2, 0.25) is 0 Å². The molecule has 0 aliphatic heterocycles. The van der Waals surface area contributed by atoms with Crippen LogP contribution in [0.25, 0.3) is 0 Å². The normalized spacial score (nSPS) is 19.2. The second-order valence-electron chi connectivity index (χ2n) is 6.54. The lowest BCUT2D eigenvalue weighted by Crippen LogP contribution is -2.21. The van der Waals surface area contributed by atoms with E-state index in [2.05, 4.69) is 51.1 Å². The van der Waals surface area contributed by atoms with Crippen LogP contribution < -0.4 is 11.1 Å². The Labute approximate surface area is 151 Å². The molecule has 1 aliphatic rings. The molecule has 0 saturated carbocycles. The number of rotatable bonds is 7. The first-order chi connectivity index (χ1) is 12.0. The van der Waals surface area contributed by atoms with Crippen molar-refractivity contribution < 1.29 is 0 Å². The quantitative estimate of drug-likeness (QED) is 0.375. The molecule has 130 valence electrons. The molecule has 0 aromatic heterocycles. The molecular weight excluding hydrogens is 304 g/mol. The van der Waals surface area contributed by atoms with Gasteiger partial charge in [-0.25, -0.2) is 0 Å². The fourth-order valence-electron chi connectivity index (χ4n) is 3.10. The van der Waals surface area contributed by atoms with Crippen molar-refractivity contribution in [3.05, 3.63) is 96.7 Å². The fraction of sp³-hybridized carbons (Fsp3) is 0.217. The van der Waals surface area contributed by atoms with Crippen LogP contribution in [0, 0.1) is 5.92 Å². The number of para-hydroxylation sites is 2. The number of benzene rings is 1. The molecule has 2 nitrogen and oxygen atoms in total. The van der Waals surface area contributed by atoms with Gasteiger partial charge in [-0.1, -0.05) is 69.5 Å². The largest absolute Gasteiger partial charge is 0.397 e. The van der Waals surface area contributed by atoms with Crippen LogP contribution >= 0.6 is 0 Å². The summed E-state index contributed by atoms with van der Waals surface area (Å²) in [4.78, 5) is 0. The van der Waals surface area contributed by atoms with E-state index >= 15 is 0 Å². The van der Waals surface area contributed by atoms with Gasteiger partial charge in [-0.2, -0.15) is 0 Å². The van der Waals surface area contributed by atoms with E-state index in [4.69, 9.17) is 5.73 Å². The molecule has 0 fully saturated rings. The van der Waals surface area contributed by atoms with E-state index in [1.807, 2.05) is 36.4 Å². The van der Waals surface area contributed by atoms with Crippen molar-refractivity contribution in [1.82, 2.24) is 0 Å². The SMILES string of the molecule is C=C/C=C\C1=C(CC=C)C(=C\C(C)C)/C(=C)[C@@H]1Nc1ccccc1N. The van der Waals surface area contributed by atoms with Crippen LogP contribution in [0.1, 0.15) is 20.3 Å². The van der Waals surface area contributed by atoms with E-state index in [-0.39, 0.29) is 6.04 Å². The van der Waals surface area contributed by atoms with Crippen molar-refractivity contribution in [3.8, 4) is 0 Å². The minimum Gasteiger partial charge on any atom is -0.397 e. The Morgan fingerprint density at radius 1 is 1.24 bits per heavy atom. The maximum absolute atomic E-state index is 6.13. The molecule has 0 radical (unpaired) electrons. The van der Waals surface area contributed by atoms with Gasteiger partial charge in [0.25, 0.3) is 0 Å². The second kappa shape index (κ2) is 8.39. The van der Waals surface area contributed by atoms with Crippen LogP contribution in [0.5, 0.6) is 0 Å². The maximum Gasteiger partial charge on any atom is 0.0771 e. The van der Waals surface area contributed by atoms with E-state index in [9.17, 15) is 0 Å². The molecule has 1 aromatic carbocycles. The standard InChI is InChI=1S/C23H28N2/c1-6-8-12-19-18(11-7-2)20(15-16(3)4)17(5)23(19)25-22-14-10-9-13-21(22)24/h6-10,12-16,23,25H,1-2,5,11,24H2,3-4H3/b12-8-,20-15-/t23-/m0/s1. The topological polar surface area (TPSA) is 38.0 Å². The molecular formula is C23H28N2. The summed E-state index contributed by atoms with van der Waals surface area (Å²) >= 11 is 0. The fourth-order valence-corrected chi connectivity index (χ4v) is 3.10. The maximum atomic E-state index is 6.13. The lowest BCUT2D eigenvalue weighted by molar-refractivity contribution is 0.823. The van der Waals surface area contributed by atoms with Gasteiger partial charge in [0.15, 0.2) is 0 Å². The molecule has 0 amide bonds. The lowest BCUT2D eigenvalue weighted by atomic mass is 9.98. The number of hydrogen-bond donors (Lipinski definition) is 2. The molecule has 3 N–H and O–H groups in total. The number of nitrogens with one attached hydrogen (secondary N) is 1. The summed E-state index contributed by atoms with van der Waals surface area (Å²) in [6.45, 7) is 16.5. The van der Waals surface area contributed by atoms with Crippen LogP contribution in [0.15, 0.2) is 96.7 Å². The molecule has 0 unspecified atom stereocenters. The first-order valence-electron chi connectivity index (χ1n) is 8.65. The number of nitrogens with two attached hydrogens (primary N) is 1. The van der Waals surface area contributed by atoms with Gasteiger partial charge in [-0.05, 0) is 46.8 Å². The molecule has 0 bridgehead atoms. The average Bonchev–Trinajstić information content (AvgIpc) is 2.80. The Hall–Kier alpha value is -2.74. The Kier molecular flexibility index (Phi) is 6.24. The van der Waals surface area contributed by atoms with Gasteiger partial charge in [-0.15, -0.1) is 6.58 Å². The van der Waals surface area contributed by atoms with Crippen molar-refractivity contribution in [3.63, 3.8) is 0 Å². The van der Waals surface area contributed by atoms with E-state index in [1.54, 1.807) is 6.08 Å². The van der Waals surface area contributed by atoms with Gasteiger partial charge >= 0.3 is 0 Å². The van der Waals surface area contributed by atoms with Crippen LogP contribution in [-0.2, 0) is 0 Å². The molecule has 1 aliphatic carbocycles. The van der Waals surface area contributed by atoms with E-state index in [0.29, 0.717) is 5.92 Å². The average molecular weight is 332 g/mol. The molecule has 0 spiro atoms. The minimum atomic E-state index is -0.0131.